The molecule has 0 aromatic heterocycles. The van der Waals surface area contributed by atoms with Gasteiger partial charge < -0.3 is 0 Å². The topological polar surface area (TPSA) is 17.1 Å². The predicted molar refractivity (Wildman–Crippen MR) is 69.5 cm³/mol. The van der Waals surface area contributed by atoms with Crippen molar-refractivity contribution in [1.29, 1.82) is 0 Å². The molecule has 0 saturated carbocycles. The highest BCUT2D eigenvalue weighted by Crippen LogP contribution is 2.37. The molecule has 0 spiro atoms. The number of allylic oxidation sites excluding steroid dienone is 2. The molecule has 0 amide bonds. The lowest BCUT2D eigenvalue weighted by Gasteiger charge is -2.13. The van der Waals surface area contributed by atoms with Crippen LogP contribution < -0.4 is 0 Å². The number of hydrogen-bond donors (Lipinski definition) is 0. The predicted octanol–water partition coefficient (Wildman–Crippen LogP) is 3.64. The standard InChI is InChI=1S/C12H18OS2/c1-9-4-5-11(13)10(9)8-12-14-6-2-3-7-15-12/h12H,2-8H2,1H3. The summed E-state index contributed by atoms with van der Waals surface area (Å²) < 4.78 is 0.638. The van der Waals surface area contributed by atoms with Crippen molar-refractivity contribution >= 4 is 29.3 Å². The van der Waals surface area contributed by atoms with E-state index in [9.17, 15) is 4.79 Å². The Balaban J connectivity index is 1.95. The summed E-state index contributed by atoms with van der Waals surface area (Å²) >= 11 is 4.10. The summed E-state index contributed by atoms with van der Waals surface area (Å²) in [6.07, 6.45) is 5.49. The summed E-state index contributed by atoms with van der Waals surface area (Å²) in [7, 11) is 0. The Labute approximate surface area is 100 Å². The van der Waals surface area contributed by atoms with Gasteiger partial charge in [0, 0.05) is 6.42 Å². The molecule has 1 heterocycles. The number of carbonyl (C=O) groups excluding carboxylic acids is 1. The van der Waals surface area contributed by atoms with Gasteiger partial charge in [0.25, 0.3) is 0 Å². The molecule has 15 heavy (non-hydrogen) atoms. The summed E-state index contributed by atoms with van der Waals surface area (Å²) in [4.78, 5) is 11.7. The molecular weight excluding hydrogens is 224 g/mol. The third kappa shape index (κ3) is 3.04. The molecule has 3 heteroatoms. The summed E-state index contributed by atoms with van der Waals surface area (Å²) in [6.45, 7) is 2.13. The molecule has 1 saturated heterocycles. The van der Waals surface area contributed by atoms with Crippen LogP contribution in [0.25, 0.3) is 0 Å². The summed E-state index contributed by atoms with van der Waals surface area (Å²) in [5, 5.41) is 0. The van der Waals surface area contributed by atoms with Gasteiger partial charge in [-0.15, -0.1) is 23.5 Å². The van der Waals surface area contributed by atoms with Gasteiger partial charge in [-0.2, -0.15) is 0 Å². The lowest BCUT2D eigenvalue weighted by molar-refractivity contribution is -0.115. The lowest BCUT2D eigenvalue weighted by Crippen LogP contribution is -2.05. The first-order valence-corrected chi connectivity index (χ1v) is 7.82. The number of ketones is 1. The monoisotopic (exact) mass is 242 g/mol. The Morgan fingerprint density at radius 3 is 2.40 bits per heavy atom. The molecule has 0 atom stereocenters. The van der Waals surface area contributed by atoms with Gasteiger partial charge in [0.15, 0.2) is 5.78 Å². The highest BCUT2D eigenvalue weighted by molar-refractivity contribution is 8.17. The van der Waals surface area contributed by atoms with Crippen LogP contribution in [0.15, 0.2) is 11.1 Å². The first kappa shape index (κ1) is 11.6. The van der Waals surface area contributed by atoms with Crippen molar-refractivity contribution in [2.75, 3.05) is 11.5 Å². The Bertz CT molecular complexity index is 275. The summed E-state index contributed by atoms with van der Waals surface area (Å²) in [5.41, 5.74) is 2.51. The normalized spacial score (nSPS) is 24.7. The average Bonchev–Trinajstić information content (AvgIpc) is 2.49. The van der Waals surface area contributed by atoms with Crippen LogP contribution >= 0.6 is 23.5 Å². The van der Waals surface area contributed by atoms with Gasteiger partial charge in [0.05, 0.1) is 4.58 Å². The van der Waals surface area contributed by atoms with Crippen molar-refractivity contribution in [2.45, 2.75) is 43.6 Å². The van der Waals surface area contributed by atoms with E-state index in [0.717, 1.165) is 24.8 Å². The van der Waals surface area contributed by atoms with Gasteiger partial charge in [-0.3, -0.25) is 4.79 Å². The molecule has 0 radical (unpaired) electrons. The molecular formula is C12H18OS2. The fourth-order valence-corrected chi connectivity index (χ4v) is 4.89. The number of thioether (sulfide) groups is 2. The van der Waals surface area contributed by atoms with E-state index in [4.69, 9.17) is 0 Å². The van der Waals surface area contributed by atoms with Gasteiger partial charge in [-0.1, -0.05) is 5.57 Å². The van der Waals surface area contributed by atoms with Crippen LogP contribution in [-0.2, 0) is 4.79 Å². The zero-order valence-corrected chi connectivity index (χ0v) is 10.9. The smallest absolute Gasteiger partial charge is 0.159 e. The minimum atomic E-state index is 0.415. The fourth-order valence-electron chi connectivity index (χ4n) is 2.10. The maximum absolute atomic E-state index is 11.7. The Morgan fingerprint density at radius 1 is 1.20 bits per heavy atom. The van der Waals surface area contributed by atoms with E-state index in [2.05, 4.69) is 30.4 Å². The molecule has 0 aromatic rings. The van der Waals surface area contributed by atoms with E-state index in [1.165, 1.54) is 29.9 Å². The van der Waals surface area contributed by atoms with Crippen LogP contribution in [0, 0.1) is 0 Å². The number of Topliss-reactive ketones (excluding diaryl/α,β-unsaturated/α-hetero) is 1. The molecule has 1 fully saturated rings. The van der Waals surface area contributed by atoms with E-state index >= 15 is 0 Å². The molecule has 84 valence electrons. The van der Waals surface area contributed by atoms with Crippen molar-refractivity contribution < 1.29 is 4.79 Å². The zero-order valence-electron chi connectivity index (χ0n) is 9.25. The minimum absolute atomic E-state index is 0.415. The van der Waals surface area contributed by atoms with Crippen molar-refractivity contribution in [3.05, 3.63) is 11.1 Å². The van der Waals surface area contributed by atoms with E-state index in [1.807, 2.05) is 0 Å². The van der Waals surface area contributed by atoms with Crippen LogP contribution in [0.4, 0.5) is 0 Å². The van der Waals surface area contributed by atoms with Crippen molar-refractivity contribution in [2.24, 2.45) is 0 Å². The second-order valence-electron chi connectivity index (χ2n) is 4.26. The molecule has 0 unspecified atom stereocenters. The van der Waals surface area contributed by atoms with E-state index in [-0.39, 0.29) is 0 Å². The minimum Gasteiger partial charge on any atom is -0.295 e. The Hall–Kier alpha value is 0.110. The van der Waals surface area contributed by atoms with Gasteiger partial charge in [-0.25, -0.2) is 0 Å². The maximum Gasteiger partial charge on any atom is 0.159 e. The number of carbonyl (C=O) groups is 1. The first-order chi connectivity index (χ1) is 7.27. The van der Waals surface area contributed by atoms with Gasteiger partial charge in [-0.05, 0) is 49.7 Å². The quantitative estimate of drug-likeness (QED) is 0.736. The van der Waals surface area contributed by atoms with Gasteiger partial charge in [0.1, 0.15) is 0 Å². The Morgan fingerprint density at radius 2 is 1.87 bits per heavy atom. The molecule has 1 nitrogen and oxygen atoms in total. The zero-order chi connectivity index (χ0) is 10.7. The summed E-state index contributed by atoms with van der Waals surface area (Å²) in [5.74, 6) is 2.97. The molecule has 2 aliphatic rings. The first-order valence-electron chi connectivity index (χ1n) is 5.72. The van der Waals surface area contributed by atoms with Gasteiger partial charge >= 0.3 is 0 Å². The fraction of sp³-hybridized carbons (Fsp3) is 0.750. The molecule has 0 N–H and O–H groups in total. The third-order valence-electron chi connectivity index (χ3n) is 3.10. The SMILES string of the molecule is CC1=C(CC2SCCCCS2)C(=O)CC1. The molecule has 0 aromatic carbocycles. The van der Waals surface area contributed by atoms with Crippen LogP contribution in [-0.4, -0.2) is 21.9 Å². The van der Waals surface area contributed by atoms with E-state index in [1.54, 1.807) is 0 Å². The van der Waals surface area contributed by atoms with Gasteiger partial charge in [0.2, 0.25) is 0 Å². The van der Waals surface area contributed by atoms with Crippen LogP contribution in [0.3, 0.4) is 0 Å². The molecule has 2 rings (SSSR count). The average molecular weight is 242 g/mol. The maximum atomic E-state index is 11.7. The summed E-state index contributed by atoms with van der Waals surface area (Å²) in [6, 6.07) is 0. The molecule has 1 aliphatic carbocycles. The van der Waals surface area contributed by atoms with Crippen LogP contribution in [0.1, 0.15) is 39.0 Å². The van der Waals surface area contributed by atoms with Crippen molar-refractivity contribution in [1.82, 2.24) is 0 Å². The third-order valence-corrected chi connectivity index (χ3v) is 6.04. The van der Waals surface area contributed by atoms with Crippen molar-refractivity contribution in [3.63, 3.8) is 0 Å². The lowest BCUT2D eigenvalue weighted by atomic mass is 10.1. The van der Waals surface area contributed by atoms with Crippen LogP contribution in [0.2, 0.25) is 0 Å². The second-order valence-corrected chi connectivity index (χ2v) is 7.18. The van der Waals surface area contributed by atoms with Crippen molar-refractivity contribution in [3.8, 4) is 0 Å². The number of rotatable bonds is 2. The highest BCUT2D eigenvalue weighted by Gasteiger charge is 2.24. The van der Waals surface area contributed by atoms with Crippen LogP contribution in [0.5, 0.6) is 0 Å². The highest BCUT2D eigenvalue weighted by atomic mass is 32.2. The van der Waals surface area contributed by atoms with E-state index in [0.29, 0.717) is 10.4 Å². The molecule has 0 bridgehead atoms. The Kier molecular flexibility index (Phi) is 4.21. The van der Waals surface area contributed by atoms with E-state index < -0.39 is 0 Å². The largest absolute Gasteiger partial charge is 0.295 e. The molecule has 1 aliphatic heterocycles. The second kappa shape index (κ2) is 5.44. The number of hydrogen-bond acceptors (Lipinski definition) is 3.